The van der Waals surface area contributed by atoms with Gasteiger partial charge in [0.15, 0.2) is 10.8 Å². The summed E-state index contributed by atoms with van der Waals surface area (Å²) in [6.07, 6.45) is 2.12. The van der Waals surface area contributed by atoms with Gasteiger partial charge in [0.2, 0.25) is 5.91 Å². The lowest BCUT2D eigenvalue weighted by Crippen LogP contribution is -2.55. The Morgan fingerprint density at radius 2 is 1.93 bits per heavy atom. The molecule has 0 atom stereocenters. The highest BCUT2D eigenvalue weighted by molar-refractivity contribution is 7.81. The Morgan fingerprint density at radius 1 is 1.23 bits per heavy atom. The van der Waals surface area contributed by atoms with E-state index in [0.717, 1.165) is 12.0 Å². The SMILES string of the molecule is [C-]#[N+]c1ccc(N2C(=O)C3(CCC3)N(c3ccc(NC(C)=O)c(F)c3)C2=S)cc1C. The molecule has 1 saturated heterocycles. The molecule has 1 aliphatic heterocycles. The highest BCUT2D eigenvalue weighted by Gasteiger charge is 2.59. The second kappa shape index (κ2) is 7.18. The molecule has 1 spiro atoms. The number of benzene rings is 2. The minimum Gasteiger partial charge on any atom is -0.324 e. The van der Waals surface area contributed by atoms with Crippen LogP contribution in [0.25, 0.3) is 4.85 Å². The molecular formula is C22H19FN4O2S. The van der Waals surface area contributed by atoms with Crippen molar-refractivity contribution in [1.82, 2.24) is 0 Å². The van der Waals surface area contributed by atoms with E-state index in [0.29, 0.717) is 29.9 Å². The largest absolute Gasteiger partial charge is 0.324 e. The normalized spacial score (nSPS) is 17.1. The van der Waals surface area contributed by atoms with Gasteiger partial charge in [0.25, 0.3) is 5.91 Å². The van der Waals surface area contributed by atoms with E-state index in [9.17, 15) is 14.0 Å². The van der Waals surface area contributed by atoms with Gasteiger partial charge in [-0.15, -0.1) is 0 Å². The van der Waals surface area contributed by atoms with Gasteiger partial charge in [-0.2, -0.15) is 0 Å². The number of nitrogens with one attached hydrogen (secondary N) is 1. The Hall–Kier alpha value is -3.31. The van der Waals surface area contributed by atoms with Crippen molar-refractivity contribution in [1.29, 1.82) is 0 Å². The molecule has 1 N–H and O–H groups in total. The first-order valence-electron chi connectivity index (χ1n) is 9.52. The predicted molar refractivity (Wildman–Crippen MR) is 117 cm³/mol. The van der Waals surface area contributed by atoms with Crippen LogP contribution < -0.4 is 15.1 Å². The van der Waals surface area contributed by atoms with Crippen molar-refractivity contribution in [3.8, 4) is 0 Å². The minimum atomic E-state index is -0.828. The molecule has 2 amide bonds. The molecule has 0 bridgehead atoms. The van der Waals surface area contributed by atoms with Crippen LogP contribution >= 0.6 is 12.2 Å². The molecule has 2 fully saturated rings. The van der Waals surface area contributed by atoms with Crippen LogP contribution in [0.15, 0.2) is 36.4 Å². The van der Waals surface area contributed by atoms with Crippen molar-refractivity contribution in [3.05, 3.63) is 59.2 Å². The second-order valence-corrected chi connectivity index (χ2v) is 7.94. The zero-order chi connectivity index (χ0) is 21.6. The molecule has 2 aromatic rings. The fourth-order valence-corrected chi connectivity index (χ4v) is 4.51. The number of halogens is 1. The Morgan fingerprint density at radius 3 is 2.47 bits per heavy atom. The zero-order valence-corrected chi connectivity index (χ0v) is 17.3. The molecule has 0 radical (unpaired) electrons. The number of anilines is 3. The number of rotatable bonds is 3. The summed E-state index contributed by atoms with van der Waals surface area (Å²) in [5.74, 6) is -1.10. The average molecular weight is 422 g/mol. The van der Waals surface area contributed by atoms with Crippen LogP contribution in [0.4, 0.5) is 27.1 Å². The van der Waals surface area contributed by atoms with E-state index in [1.54, 1.807) is 29.2 Å². The van der Waals surface area contributed by atoms with Crippen molar-refractivity contribution in [2.24, 2.45) is 0 Å². The van der Waals surface area contributed by atoms with Gasteiger partial charge in [0.05, 0.1) is 12.3 Å². The molecule has 4 rings (SSSR count). The highest BCUT2D eigenvalue weighted by atomic mass is 32.1. The summed E-state index contributed by atoms with van der Waals surface area (Å²) < 4.78 is 14.6. The third kappa shape index (κ3) is 2.94. The third-order valence-electron chi connectivity index (χ3n) is 5.67. The molecule has 1 saturated carbocycles. The van der Waals surface area contributed by atoms with Gasteiger partial charge in [-0.25, -0.2) is 9.24 Å². The van der Waals surface area contributed by atoms with Crippen LogP contribution in [-0.2, 0) is 9.59 Å². The maximum absolute atomic E-state index is 14.6. The molecule has 30 heavy (non-hydrogen) atoms. The summed E-state index contributed by atoms with van der Waals surface area (Å²) in [7, 11) is 0. The standard InChI is InChI=1S/C22H19FN4O2S/c1-13-11-15(5-7-18(13)24-3)26-20(29)22(9-4-10-22)27(21(26)30)16-6-8-19(17(23)12-16)25-14(2)28/h5-8,11-12H,4,9-10H2,1-2H3,(H,25,28). The van der Waals surface area contributed by atoms with Crippen LogP contribution in [0.1, 0.15) is 31.7 Å². The van der Waals surface area contributed by atoms with Gasteiger partial charge in [-0.3, -0.25) is 14.5 Å². The van der Waals surface area contributed by atoms with Crippen molar-refractivity contribution in [2.45, 2.75) is 38.6 Å². The number of carbonyl (C=O) groups excluding carboxylic acids is 2. The van der Waals surface area contributed by atoms with Crippen molar-refractivity contribution in [3.63, 3.8) is 0 Å². The smallest absolute Gasteiger partial charge is 0.259 e. The van der Waals surface area contributed by atoms with Gasteiger partial charge < -0.3 is 10.2 Å². The van der Waals surface area contributed by atoms with Crippen molar-refractivity contribution in [2.75, 3.05) is 15.1 Å². The van der Waals surface area contributed by atoms with E-state index in [1.807, 2.05) is 6.92 Å². The fraction of sp³-hybridized carbons (Fsp3) is 0.273. The van der Waals surface area contributed by atoms with E-state index in [1.165, 1.54) is 24.0 Å². The van der Waals surface area contributed by atoms with Gasteiger partial charge in [0.1, 0.15) is 11.4 Å². The Labute approximate surface area is 179 Å². The summed E-state index contributed by atoms with van der Waals surface area (Å²) in [4.78, 5) is 31.4. The molecule has 6 nitrogen and oxygen atoms in total. The van der Waals surface area contributed by atoms with E-state index >= 15 is 0 Å². The quantitative estimate of drug-likeness (QED) is 0.575. The summed E-state index contributed by atoms with van der Waals surface area (Å²) >= 11 is 5.68. The Bertz CT molecular complexity index is 1140. The molecule has 152 valence electrons. The summed E-state index contributed by atoms with van der Waals surface area (Å²) in [5, 5.41) is 2.72. The van der Waals surface area contributed by atoms with E-state index in [-0.39, 0.29) is 22.6 Å². The minimum absolute atomic E-state index is 0.0764. The van der Waals surface area contributed by atoms with Gasteiger partial charge in [-0.05, 0) is 74.3 Å². The number of aryl methyl sites for hydroxylation is 1. The number of amides is 2. The molecule has 2 aliphatic rings. The zero-order valence-electron chi connectivity index (χ0n) is 16.5. The topological polar surface area (TPSA) is 57.0 Å². The molecule has 1 heterocycles. The maximum atomic E-state index is 14.6. The van der Waals surface area contributed by atoms with Gasteiger partial charge in [-0.1, -0.05) is 6.07 Å². The molecule has 8 heteroatoms. The van der Waals surface area contributed by atoms with Gasteiger partial charge in [0, 0.05) is 18.3 Å². The van der Waals surface area contributed by atoms with Crippen LogP contribution in [0.2, 0.25) is 0 Å². The van der Waals surface area contributed by atoms with Crippen LogP contribution in [0.3, 0.4) is 0 Å². The lowest BCUT2D eigenvalue weighted by atomic mass is 9.75. The molecule has 1 aliphatic carbocycles. The van der Waals surface area contributed by atoms with E-state index < -0.39 is 11.4 Å². The molecular weight excluding hydrogens is 403 g/mol. The van der Waals surface area contributed by atoms with E-state index in [2.05, 4.69) is 10.2 Å². The monoisotopic (exact) mass is 422 g/mol. The lowest BCUT2D eigenvalue weighted by Gasteiger charge is -2.43. The van der Waals surface area contributed by atoms with Gasteiger partial charge >= 0.3 is 0 Å². The fourth-order valence-electron chi connectivity index (χ4n) is 4.05. The summed E-state index contributed by atoms with van der Waals surface area (Å²) in [6, 6.07) is 9.58. The average Bonchev–Trinajstić information content (AvgIpc) is 2.90. The first-order valence-corrected chi connectivity index (χ1v) is 9.93. The summed E-state index contributed by atoms with van der Waals surface area (Å²) in [6.45, 7) is 10.3. The number of hydrogen-bond acceptors (Lipinski definition) is 3. The maximum Gasteiger partial charge on any atom is 0.259 e. The van der Waals surface area contributed by atoms with Crippen LogP contribution in [0, 0.1) is 19.3 Å². The van der Waals surface area contributed by atoms with Crippen LogP contribution in [-0.4, -0.2) is 22.5 Å². The summed E-state index contributed by atoms with van der Waals surface area (Å²) in [5.41, 5.74) is 1.58. The number of nitrogens with zero attached hydrogens (tertiary/aromatic N) is 3. The van der Waals surface area contributed by atoms with E-state index in [4.69, 9.17) is 18.8 Å². The number of hydrogen-bond donors (Lipinski definition) is 1. The number of carbonyl (C=O) groups is 2. The second-order valence-electron chi connectivity index (χ2n) is 7.57. The van der Waals surface area contributed by atoms with Crippen molar-refractivity contribution >= 4 is 51.9 Å². The third-order valence-corrected chi connectivity index (χ3v) is 6.04. The van der Waals surface area contributed by atoms with Crippen molar-refractivity contribution < 1.29 is 14.0 Å². The Balaban J connectivity index is 1.76. The van der Waals surface area contributed by atoms with Crippen LogP contribution in [0.5, 0.6) is 0 Å². The first-order chi connectivity index (χ1) is 14.3. The molecule has 0 unspecified atom stereocenters. The lowest BCUT2D eigenvalue weighted by molar-refractivity contribution is -0.124. The predicted octanol–water partition coefficient (Wildman–Crippen LogP) is 4.70. The Kier molecular flexibility index (Phi) is 4.79. The first kappa shape index (κ1) is 20.0. The highest BCUT2D eigenvalue weighted by Crippen LogP contribution is 2.48. The molecule has 2 aromatic carbocycles. The molecule has 0 aromatic heterocycles. The number of thiocarbonyl (C=S) groups is 1.